The van der Waals surface area contributed by atoms with Crippen molar-refractivity contribution < 1.29 is 0 Å². The van der Waals surface area contributed by atoms with Gasteiger partial charge in [0.05, 0.1) is 5.02 Å². The zero-order chi connectivity index (χ0) is 14.1. The number of halogens is 2. The molecule has 2 aromatic rings. The minimum atomic E-state index is -0.0606. The van der Waals surface area contributed by atoms with Crippen LogP contribution < -0.4 is 5.73 Å². The highest BCUT2D eigenvalue weighted by atomic mass is 79.9. The molecule has 1 aromatic heterocycles. The second-order valence-corrected chi connectivity index (χ2v) is 6.51. The van der Waals surface area contributed by atoms with Crippen LogP contribution >= 0.6 is 27.5 Å². The molecule has 1 aliphatic rings. The smallest absolute Gasteiger partial charge is 0.0551 e. The quantitative estimate of drug-likeness (QED) is 0.857. The lowest BCUT2D eigenvalue weighted by molar-refractivity contribution is 0.463. The van der Waals surface area contributed by atoms with E-state index in [0.717, 1.165) is 28.6 Å². The second kappa shape index (κ2) is 5.84. The van der Waals surface area contributed by atoms with Gasteiger partial charge >= 0.3 is 0 Å². The van der Waals surface area contributed by atoms with Gasteiger partial charge in [-0.15, -0.1) is 0 Å². The van der Waals surface area contributed by atoms with Crippen LogP contribution in [0.5, 0.6) is 0 Å². The van der Waals surface area contributed by atoms with Crippen LogP contribution in [0.2, 0.25) is 5.02 Å². The standard InChI is InChI=1S/C16H16BrClN2/c17-13-7-6-11(9-14(13)18)15(19)12-5-1-3-10-4-2-8-20-16(10)12/h2,4,6-9,12,15H,1,3,5,19H2. The Bertz CT molecular complexity index is 630. The number of hydrogen-bond donors (Lipinski definition) is 1. The summed E-state index contributed by atoms with van der Waals surface area (Å²) in [4.78, 5) is 4.57. The Kier molecular flexibility index (Phi) is 4.11. The maximum Gasteiger partial charge on any atom is 0.0551 e. The van der Waals surface area contributed by atoms with Crippen molar-refractivity contribution in [1.82, 2.24) is 4.98 Å². The third-order valence-corrected chi connectivity index (χ3v) is 5.23. The largest absolute Gasteiger partial charge is 0.323 e. The molecule has 0 saturated heterocycles. The molecule has 1 heterocycles. The molecular formula is C16H16BrClN2. The second-order valence-electron chi connectivity index (χ2n) is 5.25. The summed E-state index contributed by atoms with van der Waals surface area (Å²) in [6, 6.07) is 10.1. The van der Waals surface area contributed by atoms with Gasteiger partial charge < -0.3 is 5.73 Å². The summed E-state index contributed by atoms with van der Waals surface area (Å²) in [6.07, 6.45) is 5.21. The van der Waals surface area contributed by atoms with Crippen LogP contribution in [0.4, 0.5) is 0 Å². The lowest BCUT2D eigenvalue weighted by Gasteiger charge is -2.29. The number of pyridine rings is 1. The third-order valence-electron chi connectivity index (χ3n) is 4.00. The van der Waals surface area contributed by atoms with Crippen molar-refractivity contribution in [2.45, 2.75) is 31.2 Å². The van der Waals surface area contributed by atoms with Gasteiger partial charge in [0, 0.05) is 28.3 Å². The van der Waals surface area contributed by atoms with E-state index in [1.807, 2.05) is 30.5 Å². The van der Waals surface area contributed by atoms with Crippen LogP contribution in [0.25, 0.3) is 0 Å². The number of hydrogen-bond acceptors (Lipinski definition) is 2. The maximum absolute atomic E-state index is 6.49. The van der Waals surface area contributed by atoms with E-state index >= 15 is 0 Å². The van der Waals surface area contributed by atoms with E-state index in [9.17, 15) is 0 Å². The molecule has 104 valence electrons. The highest BCUT2D eigenvalue weighted by Crippen LogP contribution is 2.39. The Hall–Kier alpha value is -0.900. The lowest BCUT2D eigenvalue weighted by atomic mass is 9.80. The molecule has 2 unspecified atom stereocenters. The van der Waals surface area contributed by atoms with Crippen LogP contribution in [-0.2, 0) is 6.42 Å². The number of aromatic nitrogens is 1. The van der Waals surface area contributed by atoms with Crippen molar-refractivity contribution in [3.63, 3.8) is 0 Å². The SMILES string of the molecule is NC(c1ccc(Br)c(Cl)c1)C1CCCc2cccnc21. The number of fused-ring (bicyclic) bond motifs is 1. The predicted octanol–water partition coefficient (Wildman–Crippen LogP) is 4.62. The number of nitrogens with two attached hydrogens (primary N) is 1. The summed E-state index contributed by atoms with van der Waals surface area (Å²) in [7, 11) is 0. The van der Waals surface area contributed by atoms with Crippen molar-refractivity contribution >= 4 is 27.5 Å². The fourth-order valence-corrected chi connectivity index (χ4v) is 3.38. The third kappa shape index (κ3) is 2.62. The first-order valence-electron chi connectivity index (χ1n) is 6.81. The summed E-state index contributed by atoms with van der Waals surface area (Å²) in [5.41, 5.74) is 10.1. The van der Waals surface area contributed by atoms with Gasteiger partial charge in [0.15, 0.2) is 0 Å². The van der Waals surface area contributed by atoms with Gasteiger partial charge in [-0.1, -0.05) is 23.7 Å². The Balaban J connectivity index is 1.95. The molecule has 0 aliphatic heterocycles. The average Bonchev–Trinajstić information content (AvgIpc) is 2.49. The van der Waals surface area contributed by atoms with E-state index in [4.69, 9.17) is 17.3 Å². The number of rotatable bonds is 2. The first-order valence-corrected chi connectivity index (χ1v) is 7.98. The average molecular weight is 352 g/mol. The summed E-state index contributed by atoms with van der Waals surface area (Å²) in [5.74, 6) is 0.275. The first kappa shape index (κ1) is 14.1. The Morgan fingerprint density at radius 2 is 2.20 bits per heavy atom. The van der Waals surface area contributed by atoms with Crippen LogP contribution in [-0.4, -0.2) is 4.98 Å². The van der Waals surface area contributed by atoms with Crippen molar-refractivity contribution in [2.24, 2.45) is 5.73 Å². The molecule has 0 spiro atoms. The van der Waals surface area contributed by atoms with E-state index < -0.39 is 0 Å². The van der Waals surface area contributed by atoms with E-state index in [0.29, 0.717) is 5.02 Å². The Morgan fingerprint density at radius 1 is 1.35 bits per heavy atom. The van der Waals surface area contributed by atoms with Gasteiger partial charge in [-0.05, 0) is 64.5 Å². The van der Waals surface area contributed by atoms with Crippen molar-refractivity contribution in [3.8, 4) is 0 Å². The molecule has 2 nitrogen and oxygen atoms in total. The van der Waals surface area contributed by atoms with Crippen molar-refractivity contribution in [2.75, 3.05) is 0 Å². The molecular weight excluding hydrogens is 336 g/mol. The topological polar surface area (TPSA) is 38.9 Å². The molecule has 0 fully saturated rings. The van der Waals surface area contributed by atoms with E-state index in [1.165, 1.54) is 12.0 Å². The number of aryl methyl sites for hydroxylation is 1. The first-order chi connectivity index (χ1) is 9.66. The molecule has 0 bridgehead atoms. The van der Waals surface area contributed by atoms with E-state index in [1.54, 1.807) is 0 Å². The number of benzene rings is 1. The van der Waals surface area contributed by atoms with Crippen LogP contribution in [0, 0.1) is 0 Å². The fraction of sp³-hybridized carbons (Fsp3) is 0.312. The summed E-state index contributed by atoms with van der Waals surface area (Å²) in [6.45, 7) is 0. The van der Waals surface area contributed by atoms with Gasteiger partial charge in [-0.25, -0.2) is 0 Å². The highest BCUT2D eigenvalue weighted by molar-refractivity contribution is 9.10. The van der Waals surface area contributed by atoms with Gasteiger partial charge in [0.1, 0.15) is 0 Å². The Labute approximate surface area is 132 Å². The van der Waals surface area contributed by atoms with Gasteiger partial charge in [0.25, 0.3) is 0 Å². The molecule has 3 rings (SSSR count). The predicted molar refractivity (Wildman–Crippen MR) is 86.0 cm³/mol. The molecule has 20 heavy (non-hydrogen) atoms. The zero-order valence-corrected chi connectivity index (χ0v) is 13.4. The van der Waals surface area contributed by atoms with Crippen LogP contribution in [0.15, 0.2) is 41.0 Å². The van der Waals surface area contributed by atoms with Crippen LogP contribution in [0.3, 0.4) is 0 Å². The van der Waals surface area contributed by atoms with Gasteiger partial charge in [0.2, 0.25) is 0 Å². The molecule has 4 heteroatoms. The molecule has 2 atom stereocenters. The Morgan fingerprint density at radius 3 is 3.00 bits per heavy atom. The summed E-state index contributed by atoms with van der Waals surface area (Å²) >= 11 is 9.59. The fourth-order valence-electron chi connectivity index (χ4n) is 2.95. The highest BCUT2D eigenvalue weighted by Gasteiger charge is 2.27. The minimum absolute atomic E-state index is 0.0606. The molecule has 0 saturated carbocycles. The van der Waals surface area contributed by atoms with Crippen LogP contribution in [0.1, 0.15) is 41.6 Å². The zero-order valence-electron chi connectivity index (χ0n) is 11.0. The molecule has 2 N–H and O–H groups in total. The minimum Gasteiger partial charge on any atom is -0.323 e. The molecule has 0 radical (unpaired) electrons. The lowest BCUT2D eigenvalue weighted by Crippen LogP contribution is -2.24. The van der Waals surface area contributed by atoms with Gasteiger partial charge in [-0.3, -0.25) is 4.98 Å². The summed E-state index contributed by atoms with van der Waals surface area (Å²) in [5, 5.41) is 0.704. The van der Waals surface area contributed by atoms with Gasteiger partial charge in [-0.2, -0.15) is 0 Å². The van der Waals surface area contributed by atoms with Crippen molar-refractivity contribution in [3.05, 3.63) is 62.8 Å². The maximum atomic E-state index is 6.49. The van der Waals surface area contributed by atoms with Crippen molar-refractivity contribution in [1.29, 1.82) is 0 Å². The molecule has 1 aliphatic carbocycles. The van der Waals surface area contributed by atoms with E-state index in [2.05, 4.69) is 27.0 Å². The molecule has 0 amide bonds. The molecule has 1 aromatic carbocycles. The monoisotopic (exact) mass is 350 g/mol. The number of nitrogens with zero attached hydrogens (tertiary/aromatic N) is 1. The normalized spacial score (nSPS) is 19.4. The van der Waals surface area contributed by atoms with E-state index in [-0.39, 0.29) is 12.0 Å². The summed E-state index contributed by atoms with van der Waals surface area (Å²) < 4.78 is 0.900.